The summed E-state index contributed by atoms with van der Waals surface area (Å²) in [5.74, 6) is -1.70. The van der Waals surface area contributed by atoms with Crippen LogP contribution in [0.4, 0.5) is 0 Å². The van der Waals surface area contributed by atoms with Gasteiger partial charge >= 0.3 is 16.4 Å². The Morgan fingerprint density at radius 3 is 2.13 bits per heavy atom. The highest BCUT2D eigenvalue weighted by Crippen LogP contribution is 2.25. The van der Waals surface area contributed by atoms with Crippen molar-refractivity contribution in [1.82, 2.24) is 15.1 Å². The van der Waals surface area contributed by atoms with Gasteiger partial charge in [0, 0.05) is 19.6 Å². The molecule has 0 radical (unpaired) electrons. The van der Waals surface area contributed by atoms with Crippen molar-refractivity contribution in [2.24, 2.45) is 11.5 Å². The number of nitrogens with two attached hydrogens (primary N) is 2. The van der Waals surface area contributed by atoms with Gasteiger partial charge < -0.3 is 31.7 Å². The minimum Gasteiger partial charge on any atom is -0.480 e. The van der Waals surface area contributed by atoms with Crippen LogP contribution < -0.4 is 16.8 Å². The number of likely N-dealkylation sites (tertiary alicyclic amines) is 2. The Hall–Kier alpha value is -2.49. The summed E-state index contributed by atoms with van der Waals surface area (Å²) in [6.07, 6.45) is 3.33. The monoisotopic (exact) mass is 466 g/mol. The molecule has 178 valence electrons. The minimum atomic E-state index is -4.67. The van der Waals surface area contributed by atoms with Crippen molar-refractivity contribution in [2.45, 2.75) is 56.7 Å². The molecule has 2 rings (SSSR count). The third kappa shape index (κ3) is 9.04. The molecule has 0 bridgehead atoms. The van der Waals surface area contributed by atoms with E-state index in [1.165, 1.54) is 9.80 Å². The van der Waals surface area contributed by atoms with Gasteiger partial charge in [0.15, 0.2) is 5.96 Å². The quantitative estimate of drug-likeness (QED) is 0.0935. The number of carboxylic acids is 1. The van der Waals surface area contributed by atoms with E-state index in [4.69, 9.17) is 34.4 Å². The maximum Gasteiger partial charge on any atom is 0.394 e. The van der Waals surface area contributed by atoms with Gasteiger partial charge in [-0.1, -0.05) is 0 Å². The van der Waals surface area contributed by atoms with Crippen LogP contribution in [0.5, 0.6) is 0 Å². The number of carboxylic acid groups (broad SMARTS) is 1. The maximum absolute atomic E-state index is 12.8. The minimum absolute atomic E-state index is 0.131. The van der Waals surface area contributed by atoms with Crippen LogP contribution in [0.3, 0.4) is 0 Å². The lowest BCUT2D eigenvalue weighted by Gasteiger charge is -2.31. The molecule has 1 unspecified atom stereocenters. The molecule has 14 nitrogen and oxygen atoms in total. The zero-order valence-corrected chi connectivity index (χ0v) is 17.8. The Morgan fingerprint density at radius 2 is 1.61 bits per heavy atom. The van der Waals surface area contributed by atoms with E-state index in [0.717, 1.165) is 0 Å². The maximum atomic E-state index is 12.8. The largest absolute Gasteiger partial charge is 0.480 e. The summed E-state index contributed by atoms with van der Waals surface area (Å²) in [4.78, 5) is 39.7. The van der Waals surface area contributed by atoms with Crippen LogP contribution in [0.25, 0.3) is 0 Å². The lowest BCUT2D eigenvalue weighted by Crippen LogP contribution is -2.54. The Morgan fingerprint density at radius 1 is 1.10 bits per heavy atom. The van der Waals surface area contributed by atoms with Gasteiger partial charge in [-0.2, -0.15) is 8.42 Å². The number of hydrogen-bond acceptors (Lipinski definition) is 7. The first-order valence-corrected chi connectivity index (χ1v) is 11.1. The van der Waals surface area contributed by atoms with Gasteiger partial charge in [0.1, 0.15) is 12.1 Å². The van der Waals surface area contributed by atoms with Crippen molar-refractivity contribution in [2.75, 3.05) is 19.6 Å². The predicted molar refractivity (Wildman–Crippen MR) is 108 cm³/mol. The van der Waals surface area contributed by atoms with Crippen LogP contribution in [0, 0.1) is 5.41 Å². The van der Waals surface area contributed by atoms with E-state index >= 15 is 0 Å². The van der Waals surface area contributed by atoms with Crippen LogP contribution in [-0.4, -0.2) is 93.9 Å². The first-order chi connectivity index (χ1) is 14.3. The number of guanidine groups is 1. The number of amides is 2. The summed E-state index contributed by atoms with van der Waals surface area (Å²) in [6, 6.07) is -2.15. The smallest absolute Gasteiger partial charge is 0.394 e. The number of carbonyl (C=O) groups is 3. The van der Waals surface area contributed by atoms with Crippen LogP contribution in [0.15, 0.2) is 0 Å². The van der Waals surface area contributed by atoms with Crippen molar-refractivity contribution < 1.29 is 37.0 Å². The Balaban J connectivity index is 0.000000861. The number of nitrogens with zero attached hydrogens (tertiary/aromatic N) is 2. The van der Waals surface area contributed by atoms with Gasteiger partial charge in [-0.05, 0) is 38.5 Å². The fourth-order valence-electron chi connectivity index (χ4n) is 3.65. The molecule has 3 atom stereocenters. The van der Waals surface area contributed by atoms with E-state index < -0.39 is 34.5 Å². The zero-order chi connectivity index (χ0) is 23.8. The lowest BCUT2D eigenvalue weighted by molar-refractivity contribution is -0.152. The number of aliphatic carboxylic acids is 1. The van der Waals surface area contributed by atoms with Gasteiger partial charge in [0.2, 0.25) is 11.8 Å². The second kappa shape index (κ2) is 11.8. The summed E-state index contributed by atoms with van der Waals surface area (Å²) in [6.45, 7) is 1.32. The summed E-state index contributed by atoms with van der Waals surface area (Å²) in [7, 11) is -4.67. The van der Waals surface area contributed by atoms with Crippen molar-refractivity contribution in [3.63, 3.8) is 0 Å². The normalized spacial score (nSPS) is 21.8. The molecule has 31 heavy (non-hydrogen) atoms. The molecule has 0 saturated carbocycles. The molecule has 0 aliphatic carbocycles. The van der Waals surface area contributed by atoms with E-state index in [0.29, 0.717) is 58.2 Å². The number of rotatable bonds is 7. The summed E-state index contributed by atoms with van der Waals surface area (Å²) >= 11 is 0. The highest BCUT2D eigenvalue weighted by Gasteiger charge is 2.42. The predicted octanol–water partition coefficient (Wildman–Crippen LogP) is -2.01. The SMILES string of the molecule is N=C(N)NCCCC(N)C(=O)N1CCC[C@H]1C(=O)N1CCC[C@H]1C(=O)O.O=S(=O)(O)O. The molecule has 2 aliphatic heterocycles. The third-order valence-corrected chi connectivity index (χ3v) is 4.97. The van der Waals surface area contributed by atoms with E-state index in [-0.39, 0.29) is 17.8 Å². The second-order valence-corrected chi connectivity index (χ2v) is 8.15. The molecule has 2 saturated heterocycles. The average molecular weight is 467 g/mol. The van der Waals surface area contributed by atoms with Crippen molar-refractivity contribution in [3.8, 4) is 0 Å². The van der Waals surface area contributed by atoms with Gasteiger partial charge in [-0.3, -0.25) is 24.1 Å². The molecule has 9 N–H and O–H groups in total. The fraction of sp³-hybridized carbons (Fsp3) is 0.750. The van der Waals surface area contributed by atoms with Crippen molar-refractivity contribution >= 4 is 34.1 Å². The summed E-state index contributed by atoms with van der Waals surface area (Å²) < 4.78 is 31.6. The van der Waals surface area contributed by atoms with E-state index in [1.807, 2.05) is 0 Å². The number of nitrogens with one attached hydrogen (secondary N) is 2. The molecular formula is C16H30N6O8S. The third-order valence-electron chi connectivity index (χ3n) is 4.97. The Bertz CT molecular complexity index is 768. The molecule has 2 heterocycles. The highest BCUT2D eigenvalue weighted by atomic mass is 32.3. The van der Waals surface area contributed by atoms with Crippen LogP contribution in [0.2, 0.25) is 0 Å². The summed E-state index contributed by atoms with van der Waals surface area (Å²) in [5, 5.41) is 19.0. The van der Waals surface area contributed by atoms with Gasteiger partial charge in [0.25, 0.3) is 0 Å². The first kappa shape index (κ1) is 26.5. The molecule has 2 aliphatic rings. The van der Waals surface area contributed by atoms with Crippen molar-refractivity contribution in [3.05, 3.63) is 0 Å². The summed E-state index contributed by atoms with van der Waals surface area (Å²) in [5.41, 5.74) is 11.2. The average Bonchev–Trinajstić information content (AvgIpc) is 3.31. The zero-order valence-electron chi connectivity index (χ0n) is 16.9. The molecule has 0 aromatic carbocycles. The van der Waals surface area contributed by atoms with E-state index in [9.17, 15) is 19.5 Å². The van der Waals surface area contributed by atoms with Crippen LogP contribution in [-0.2, 0) is 24.8 Å². The number of carbonyl (C=O) groups excluding carboxylic acids is 2. The molecule has 0 spiro atoms. The first-order valence-electron chi connectivity index (χ1n) is 9.70. The molecular weight excluding hydrogens is 436 g/mol. The molecule has 2 amide bonds. The Kier molecular flexibility index (Phi) is 10.1. The standard InChI is InChI=1S/C16H28N6O4.H2O4S/c17-10(4-1-7-20-16(18)19)13(23)21-8-2-5-11(21)14(24)22-9-3-6-12(22)15(25)26;1-5(2,3)4/h10-12H,1-9,17H2,(H,25,26)(H4,18,19,20);(H2,1,2,3,4)/t10?,11-,12-;/m0./s1. The molecule has 0 aromatic heterocycles. The Labute approximate surface area is 180 Å². The van der Waals surface area contributed by atoms with Crippen LogP contribution in [0.1, 0.15) is 38.5 Å². The highest BCUT2D eigenvalue weighted by molar-refractivity contribution is 7.79. The molecule has 2 fully saturated rings. The van der Waals surface area contributed by atoms with Gasteiger partial charge in [-0.15, -0.1) is 0 Å². The molecule has 0 aromatic rings. The van der Waals surface area contributed by atoms with E-state index in [2.05, 4.69) is 5.32 Å². The number of hydrogen-bond donors (Lipinski definition) is 7. The van der Waals surface area contributed by atoms with Gasteiger partial charge in [0.05, 0.1) is 6.04 Å². The van der Waals surface area contributed by atoms with Crippen LogP contribution >= 0.6 is 0 Å². The lowest BCUT2D eigenvalue weighted by atomic mass is 10.1. The van der Waals surface area contributed by atoms with Gasteiger partial charge in [-0.25, -0.2) is 4.79 Å². The molecule has 15 heteroatoms. The topological polar surface area (TPSA) is 240 Å². The fourth-order valence-corrected chi connectivity index (χ4v) is 3.65. The van der Waals surface area contributed by atoms with Crippen molar-refractivity contribution in [1.29, 1.82) is 5.41 Å². The second-order valence-electron chi connectivity index (χ2n) is 7.25. The van der Waals surface area contributed by atoms with E-state index in [1.54, 1.807) is 0 Å².